The maximum absolute atomic E-state index is 4.68. The van der Waals surface area contributed by atoms with Gasteiger partial charge in [-0.2, -0.15) is 0 Å². The van der Waals surface area contributed by atoms with E-state index in [9.17, 15) is 0 Å². The number of hydrogen-bond acceptors (Lipinski definition) is 2. The Morgan fingerprint density at radius 1 is 1.29 bits per heavy atom. The Morgan fingerprint density at radius 3 is 3.07 bits per heavy atom. The molecule has 0 saturated heterocycles. The van der Waals surface area contributed by atoms with Crippen molar-refractivity contribution in [1.82, 2.24) is 4.98 Å². The summed E-state index contributed by atoms with van der Waals surface area (Å²) in [5, 5.41) is 2.56. The highest BCUT2D eigenvalue weighted by atomic mass is 32.2. The van der Waals surface area contributed by atoms with Gasteiger partial charge < -0.3 is 0 Å². The Balaban J connectivity index is 2.44. The van der Waals surface area contributed by atoms with Crippen LogP contribution in [0.1, 0.15) is 11.1 Å². The van der Waals surface area contributed by atoms with Crippen LogP contribution in [0.15, 0.2) is 29.3 Å². The van der Waals surface area contributed by atoms with E-state index < -0.39 is 0 Å². The van der Waals surface area contributed by atoms with Crippen LogP contribution in [0, 0.1) is 6.92 Å². The molecule has 2 aromatic rings. The second kappa shape index (κ2) is 2.99. The zero-order valence-corrected chi connectivity index (χ0v) is 8.90. The first-order valence-corrected chi connectivity index (χ1v) is 5.86. The molecule has 2 heterocycles. The van der Waals surface area contributed by atoms with Crippen LogP contribution in [0.2, 0.25) is 0 Å². The third-order valence-corrected chi connectivity index (χ3v) is 3.85. The van der Waals surface area contributed by atoms with Crippen LogP contribution in [0.25, 0.3) is 10.9 Å². The third kappa shape index (κ3) is 1.07. The molecule has 14 heavy (non-hydrogen) atoms. The minimum absolute atomic E-state index is 1.14. The van der Waals surface area contributed by atoms with Gasteiger partial charge in [0.25, 0.3) is 0 Å². The molecule has 0 radical (unpaired) electrons. The average Bonchev–Trinajstić information content (AvgIpc) is 2.66. The average molecular weight is 201 g/mol. The number of benzene rings is 1. The van der Waals surface area contributed by atoms with E-state index >= 15 is 0 Å². The fourth-order valence-electron chi connectivity index (χ4n) is 2.05. The largest absolute Gasteiger partial charge is 0.241 e. The highest BCUT2D eigenvalue weighted by Gasteiger charge is 2.17. The standard InChI is InChI=1S/C12H11NS/c1-8-9-4-2-3-5-11(9)13-12-10(8)6-7-14-12/h2-5H,6-7H2,1H3. The first-order valence-electron chi connectivity index (χ1n) is 4.87. The van der Waals surface area contributed by atoms with Gasteiger partial charge >= 0.3 is 0 Å². The summed E-state index contributed by atoms with van der Waals surface area (Å²) in [6, 6.07) is 8.41. The number of para-hydroxylation sites is 1. The van der Waals surface area contributed by atoms with Gasteiger partial charge in [-0.15, -0.1) is 11.8 Å². The summed E-state index contributed by atoms with van der Waals surface area (Å²) >= 11 is 1.89. The van der Waals surface area contributed by atoms with Gasteiger partial charge in [-0.1, -0.05) is 18.2 Å². The summed E-state index contributed by atoms with van der Waals surface area (Å²) in [4.78, 5) is 4.68. The van der Waals surface area contributed by atoms with Gasteiger partial charge in [-0.05, 0) is 30.5 Å². The first-order chi connectivity index (χ1) is 6.86. The van der Waals surface area contributed by atoms with Gasteiger partial charge in [-0.3, -0.25) is 0 Å². The Kier molecular flexibility index (Phi) is 1.77. The molecule has 1 aromatic heterocycles. The number of rotatable bonds is 0. The Hall–Kier alpha value is -1.02. The minimum atomic E-state index is 1.14. The number of pyridine rings is 1. The van der Waals surface area contributed by atoms with Gasteiger partial charge in [0.2, 0.25) is 0 Å². The fraction of sp³-hybridized carbons (Fsp3) is 0.250. The second-order valence-electron chi connectivity index (χ2n) is 3.64. The summed E-state index contributed by atoms with van der Waals surface area (Å²) < 4.78 is 0. The molecule has 0 spiro atoms. The summed E-state index contributed by atoms with van der Waals surface area (Å²) in [5.74, 6) is 1.19. The van der Waals surface area contributed by atoms with E-state index in [2.05, 4.69) is 36.2 Å². The first kappa shape index (κ1) is 8.30. The summed E-state index contributed by atoms with van der Waals surface area (Å²) in [6.45, 7) is 2.22. The van der Waals surface area contributed by atoms with Crippen LogP contribution in [0.5, 0.6) is 0 Å². The van der Waals surface area contributed by atoms with E-state index in [1.165, 1.54) is 33.7 Å². The van der Waals surface area contributed by atoms with Gasteiger partial charge in [-0.25, -0.2) is 4.98 Å². The molecule has 1 aliphatic rings. The predicted molar refractivity (Wildman–Crippen MR) is 60.9 cm³/mol. The predicted octanol–water partition coefficient (Wildman–Crippen LogP) is 3.19. The molecule has 1 aliphatic heterocycles. The number of aryl methyl sites for hydroxylation is 1. The van der Waals surface area contributed by atoms with Crippen LogP contribution in [0.4, 0.5) is 0 Å². The lowest BCUT2D eigenvalue weighted by Crippen LogP contribution is -1.91. The highest BCUT2D eigenvalue weighted by Crippen LogP contribution is 2.34. The van der Waals surface area contributed by atoms with E-state index in [0.717, 1.165) is 5.52 Å². The van der Waals surface area contributed by atoms with E-state index in [1.807, 2.05) is 11.8 Å². The molecule has 0 N–H and O–H groups in total. The molecule has 0 amide bonds. The van der Waals surface area contributed by atoms with Crippen LogP contribution >= 0.6 is 11.8 Å². The van der Waals surface area contributed by atoms with E-state index in [1.54, 1.807) is 0 Å². The molecular weight excluding hydrogens is 190 g/mol. The molecule has 0 unspecified atom stereocenters. The van der Waals surface area contributed by atoms with Crippen molar-refractivity contribution in [1.29, 1.82) is 0 Å². The second-order valence-corrected chi connectivity index (χ2v) is 4.72. The Bertz CT molecular complexity index is 505. The normalized spacial score (nSPS) is 14.6. The smallest absolute Gasteiger partial charge is 0.100 e. The van der Waals surface area contributed by atoms with E-state index in [0.29, 0.717) is 0 Å². The Labute approximate surface area is 87.5 Å². The van der Waals surface area contributed by atoms with Crippen molar-refractivity contribution < 1.29 is 0 Å². The summed E-state index contributed by atoms with van der Waals surface area (Å²) in [7, 11) is 0. The summed E-state index contributed by atoms with van der Waals surface area (Å²) in [5.41, 5.74) is 4.03. The van der Waals surface area contributed by atoms with Crippen LogP contribution in [0.3, 0.4) is 0 Å². The molecule has 3 rings (SSSR count). The molecule has 0 aliphatic carbocycles. The van der Waals surface area contributed by atoms with Gasteiger partial charge in [0.05, 0.1) is 5.52 Å². The molecule has 0 saturated carbocycles. The number of hydrogen-bond donors (Lipinski definition) is 0. The maximum Gasteiger partial charge on any atom is 0.100 e. The SMILES string of the molecule is Cc1c2c(nc3ccccc13)SCC2. The zero-order chi connectivity index (χ0) is 9.54. The molecule has 70 valence electrons. The molecule has 1 nitrogen and oxygen atoms in total. The van der Waals surface area contributed by atoms with E-state index in [-0.39, 0.29) is 0 Å². The quantitative estimate of drug-likeness (QED) is 0.649. The lowest BCUT2D eigenvalue weighted by molar-refractivity contribution is 1.05. The molecule has 0 atom stereocenters. The Morgan fingerprint density at radius 2 is 2.14 bits per heavy atom. The van der Waals surface area contributed by atoms with Crippen molar-refractivity contribution in [2.24, 2.45) is 0 Å². The molecule has 0 bridgehead atoms. The van der Waals surface area contributed by atoms with Crippen LogP contribution in [-0.4, -0.2) is 10.7 Å². The number of thioether (sulfide) groups is 1. The monoisotopic (exact) mass is 201 g/mol. The van der Waals surface area contributed by atoms with Crippen LogP contribution in [-0.2, 0) is 6.42 Å². The van der Waals surface area contributed by atoms with Crippen molar-refractivity contribution in [3.63, 3.8) is 0 Å². The molecule has 2 heteroatoms. The van der Waals surface area contributed by atoms with Crippen molar-refractivity contribution in [2.75, 3.05) is 5.75 Å². The van der Waals surface area contributed by atoms with Crippen molar-refractivity contribution in [2.45, 2.75) is 18.4 Å². The zero-order valence-electron chi connectivity index (χ0n) is 8.08. The van der Waals surface area contributed by atoms with Crippen LogP contribution < -0.4 is 0 Å². The van der Waals surface area contributed by atoms with Gasteiger partial charge in [0.15, 0.2) is 0 Å². The topological polar surface area (TPSA) is 12.9 Å². The van der Waals surface area contributed by atoms with Crippen molar-refractivity contribution in [3.8, 4) is 0 Å². The van der Waals surface area contributed by atoms with Crippen molar-refractivity contribution in [3.05, 3.63) is 35.4 Å². The lowest BCUT2D eigenvalue weighted by Gasteiger charge is -2.06. The van der Waals surface area contributed by atoms with E-state index in [4.69, 9.17) is 0 Å². The minimum Gasteiger partial charge on any atom is -0.241 e. The van der Waals surface area contributed by atoms with Gasteiger partial charge in [0.1, 0.15) is 5.03 Å². The highest BCUT2D eigenvalue weighted by molar-refractivity contribution is 7.99. The summed E-state index contributed by atoms with van der Waals surface area (Å²) in [6.07, 6.45) is 1.18. The molecule has 1 aromatic carbocycles. The number of nitrogens with zero attached hydrogens (tertiary/aromatic N) is 1. The third-order valence-electron chi connectivity index (χ3n) is 2.83. The molecular formula is C12H11NS. The number of aromatic nitrogens is 1. The fourth-order valence-corrected chi connectivity index (χ4v) is 3.14. The van der Waals surface area contributed by atoms with Gasteiger partial charge in [0, 0.05) is 11.1 Å². The van der Waals surface area contributed by atoms with Crippen molar-refractivity contribution >= 4 is 22.7 Å². The maximum atomic E-state index is 4.68. The number of fused-ring (bicyclic) bond motifs is 2. The lowest BCUT2D eigenvalue weighted by atomic mass is 10.0. The molecule has 0 fully saturated rings.